The number of methoxy groups -OCH3 is 1. The Labute approximate surface area is 115 Å². The molecule has 0 aromatic heterocycles. The van der Waals surface area contributed by atoms with Gasteiger partial charge in [0.2, 0.25) is 0 Å². The predicted molar refractivity (Wildman–Crippen MR) is 72.3 cm³/mol. The summed E-state index contributed by atoms with van der Waals surface area (Å²) in [6.07, 6.45) is 0. The van der Waals surface area contributed by atoms with Crippen LogP contribution in [0.15, 0.2) is 22.7 Å². The minimum absolute atomic E-state index is 0.125. The average molecular weight is 314 g/mol. The number of morpholine rings is 1. The lowest BCUT2D eigenvalue weighted by Crippen LogP contribution is -2.39. The van der Waals surface area contributed by atoms with Gasteiger partial charge in [0.05, 0.1) is 31.3 Å². The first-order valence-electron chi connectivity index (χ1n) is 5.87. The summed E-state index contributed by atoms with van der Waals surface area (Å²) in [5.41, 5.74) is 0.703. The fourth-order valence-corrected chi connectivity index (χ4v) is 2.43. The van der Waals surface area contributed by atoms with Crippen LogP contribution >= 0.6 is 15.9 Å². The molecule has 4 nitrogen and oxygen atoms in total. The van der Waals surface area contributed by atoms with E-state index in [2.05, 4.69) is 20.8 Å². The molecule has 0 N–H and O–H groups in total. The van der Waals surface area contributed by atoms with Crippen molar-refractivity contribution in [3.05, 3.63) is 28.2 Å². The van der Waals surface area contributed by atoms with E-state index in [1.807, 2.05) is 6.07 Å². The van der Waals surface area contributed by atoms with Crippen molar-refractivity contribution >= 4 is 21.7 Å². The zero-order valence-electron chi connectivity index (χ0n) is 10.3. The van der Waals surface area contributed by atoms with Crippen LogP contribution in [0.3, 0.4) is 0 Å². The van der Waals surface area contributed by atoms with Crippen LogP contribution in [0.5, 0.6) is 5.75 Å². The third-order valence-electron chi connectivity index (χ3n) is 2.94. The van der Waals surface area contributed by atoms with Crippen molar-refractivity contribution in [3.63, 3.8) is 0 Å². The number of ether oxygens (including phenoxy) is 2. The summed E-state index contributed by atoms with van der Waals surface area (Å²) in [5, 5.41) is 0. The molecule has 1 aromatic carbocycles. The van der Waals surface area contributed by atoms with E-state index >= 15 is 0 Å². The number of carbonyl (C=O) groups excluding carboxylic acids is 1. The second-order valence-electron chi connectivity index (χ2n) is 4.16. The SMILES string of the molecule is COc1ccc(C(=O)CN2CCOCC2)cc1Br. The zero-order valence-corrected chi connectivity index (χ0v) is 11.9. The maximum atomic E-state index is 12.1. The van der Waals surface area contributed by atoms with E-state index in [-0.39, 0.29) is 5.78 Å². The third kappa shape index (κ3) is 3.31. The summed E-state index contributed by atoms with van der Waals surface area (Å²) < 4.78 is 11.2. The molecule has 0 radical (unpaired) electrons. The van der Waals surface area contributed by atoms with Gasteiger partial charge in [-0.15, -0.1) is 0 Å². The molecule has 1 saturated heterocycles. The first kappa shape index (κ1) is 13.5. The molecule has 1 aliphatic rings. The van der Waals surface area contributed by atoms with Gasteiger partial charge in [-0.2, -0.15) is 0 Å². The lowest BCUT2D eigenvalue weighted by Gasteiger charge is -2.25. The Kier molecular flexibility index (Phi) is 4.74. The molecule has 0 spiro atoms. The third-order valence-corrected chi connectivity index (χ3v) is 3.56. The first-order valence-corrected chi connectivity index (χ1v) is 6.67. The largest absolute Gasteiger partial charge is 0.496 e. The molecule has 18 heavy (non-hydrogen) atoms. The number of benzene rings is 1. The molecule has 1 fully saturated rings. The van der Waals surface area contributed by atoms with Crippen LogP contribution in [0.4, 0.5) is 0 Å². The summed E-state index contributed by atoms with van der Waals surface area (Å²) in [6, 6.07) is 5.41. The van der Waals surface area contributed by atoms with Gasteiger partial charge in [-0.3, -0.25) is 9.69 Å². The smallest absolute Gasteiger partial charge is 0.176 e. The molecule has 1 heterocycles. The summed E-state index contributed by atoms with van der Waals surface area (Å²) in [5.74, 6) is 0.859. The van der Waals surface area contributed by atoms with Crippen molar-refractivity contribution in [2.75, 3.05) is 40.0 Å². The molecule has 2 rings (SSSR count). The van der Waals surface area contributed by atoms with Crippen LogP contribution in [-0.4, -0.2) is 50.6 Å². The predicted octanol–water partition coefficient (Wildman–Crippen LogP) is 1.97. The molecule has 0 saturated carbocycles. The first-order chi connectivity index (χ1) is 8.70. The van der Waals surface area contributed by atoms with Crippen molar-refractivity contribution in [1.82, 2.24) is 4.90 Å². The van der Waals surface area contributed by atoms with Gasteiger partial charge in [0.1, 0.15) is 5.75 Å². The van der Waals surface area contributed by atoms with Gasteiger partial charge in [0.25, 0.3) is 0 Å². The standard InChI is InChI=1S/C13H16BrNO3/c1-17-13-3-2-10(8-11(13)14)12(16)9-15-4-6-18-7-5-15/h2-3,8H,4-7,9H2,1H3. The topological polar surface area (TPSA) is 38.8 Å². The highest BCUT2D eigenvalue weighted by atomic mass is 79.9. The number of hydrogen-bond donors (Lipinski definition) is 0. The second kappa shape index (κ2) is 6.31. The molecule has 0 atom stereocenters. The number of hydrogen-bond acceptors (Lipinski definition) is 4. The molecule has 98 valence electrons. The van der Waals surface area contributed by atoms with E-state index in [0.29, 0.717) is 25.3 Å². The lowest BCUT2D eigenvalue weighted by atomic mass is 10.1. The van der Waals surface area contributed by atoms with Gasteiger partial charge in [-0.05, 0) is 34.1 Å². The Balaban J connectivity index is 2.01. The van der Waals surface area contributed by atoms with Crippen molar-refractivity contribution in [2.45, 2.75) is 0 Å². The quantitative estimate of drug-likeness (QED) is 0.797. The Hall–Kier alpha value is -0.910. The minimum Gasteiger partial charge on any atom is -0.496 e. The van der Waals surface area contributed by atoms with Crippen LogP contribution in [0.25, 0.3) is 0 Å². The van der Waals surface area contributed by atoms with E-state index < -0.39 is 0 Å². The van der Waals surface area contributed by atoms with E-state index in [1.165, 1.54) is 0 Å². The van der Waals surface area contributed by atoms with Crippen molar-refractivity contribution < 1.29 is 14.3 Å². The van der Waals surface area contributed by atoms with E-state index in [0.717, 1.165) is 23.3 Å². The number of halogens is 1. The van der Waals surface area contributed by atoms with Gasteiger partial charge >= 0.3 is 0 Å². The fraction of sp³-hybridized carbons (Fsp3) is 0.462. The highest BCUT2D eigenvalue weighted by Crippen LogP contribution is 2.25. The molecule has 5 heteroatoms. The normalized spacial score (nSPS) is 16.6. The summed E-state index contributed by atoms with van der Waals surface area (Å²) in [7, 11) is 1.61. The van der Waals surface area contributed by atoms with Gasteiger partial charge in [-0.25, -0.2) is 0 Å². The highest BCUT2D eigenvalue weighted by molar-refractivity contribution is 9.10. The van der Waals surface area contributed by atoms with Crippen LogP contribution in [0, 0.1) is 0 Å². The van der Waals surface area contributed by atoms with Gasteiger partial charge in [0.15, 0.2) is 5.78 Å². The molecular formula is C13H16BrNO3. The lowest BCUT2D eigenvalue weighted by molar-refractivity contribution is 0.0371. The number of Topliss-reactive ketones (excluding diaryl/α,β-unsaturated/α-hetero) is 1. The number of nitrogens with zero attached hydrogens (tertiary/aromatic N) is 1. The summed E-state index contributed by atoms with van der Waals surface area (Å²) in [4.78, 5) is 14.2. The number of carbonyl (C=O) groups is 1. The minimum atomic E-state index is 0.125. The average Bonchev–Trinajstić information content (AvgIpc) is 2.39. The van der Waals surface area contributed by atoms with Crippen LogP contribution < -0.4 is 4.74 Å². The molecule has 0 aliphatic carbocycles. The number of ketones is 1. The Morgan fingerprint density at radius 3 is 2.78 bits per heavy atom. The fourth-order valence-electron chi connectivity index (χ4n) is 1.89. The zero-order chi connectivity index (χ0) is 13.0. The van der Waals surface area contributed by atoms with Gasteiger partial charge in [0, 0.05) is 18.7 Å². The van der Waals surface area contributed by atoms with Crippen LogP contribution in [0.1, 0.15) is 10.4 Å². The number of rotatable bonds is 4. The van der Waals surface area contributed by atoms with Crippen molar-refractivity contribution in [1.29, 1.82) is 0 Å². The Morgan fingerprint density at radius 1 is 1.44 bits per heavy atom. The van der Waals surface area contributed by atoms with Crippen LogP contribution in [-0.2, 0) is 4.74 Å². The maximum Gasteiger partial charge on any atom is 0.176 e. The van der Waals surface area contributed by atoms with E-state index in [4.69, 9.17) is 9.47 Å². The Morgan fingerprint density at radius 2 is 2.17 bits per heavy atom. The van der Waals surface area contributed by atoms with Gasteiger partial charge < -0.3 is 9.47 Å². The molecule has 0 unspecified atom stereocenters. The van der Waals surface area contributed by atoms with Crippen LogP contribution in [0.2, 0.25) is 0 Å². The highest BCUT2D eigenvalue weighted by Gasteiger charge is 2.16. The van der Waals surface area contributed by atoms with Gasteiger partial charge in [-0.1, -0.05) is 0 Å². The molecule has 1 aromatic rings. The summed E-state index contributed by atoms with van der Waals surface area (Å²) >= 11 is 3.39. The van der Waals surface area contributed by atoms with Crippen molar-refractivity contribution in [3.8, 4) is 5.75 Å². The molecular weight excluding hydrogens is 298 g/mol. The Bertz CT molecular complexity index is 430. The van der Waals surface area contributed by atoms with Crippen molar-refractivity contribution in [2.24, 2.45) is 0 Å². The molecule has 0 bridgehead atoms. The van der Waals surface area contributed by atoms with E-state index in [9.17, 15) is 4.79 Å². The monoisotopic (exact) mass is 313 g/mol. The maximum absolute atomic E-state index is 12.1. The second-order valence-corrected chi connectivity index (χ2v) is 5.02. The molecule has 0 amide bonds. The summed E-state index contributed by atoms with van der Waals surface area (Å²) in [6.45, 7) is 3.51. The van der Waals surface area contributed by atoms with E-state index in [1.54, 1.807) is 19.2 Å². The molecule has 1 aliphatic heterocycles.